The third-order valence-corrected chi connectivity index (χ3v) is 4.35. The number of ether oxygens (including phenoxy) is 2. The molecule has 1 aromatic heterocycles. The van der Waals surface area contributed by atoms with E-state index in [0.29, 0.717) is 18.0 Å². The number of nitrogens with one attached hydrogen (secondary N) is 1. The normalized spacial score (nSPS) is 11.1. The second kappa shape index (κ2) is 8.45. The molecule has 140 valence electrons. The van der Waals surface area contributed by atoms with Crippen molar-refractivity contribution in [3.63, 3.8) is 0 Å². The molecule has 5 heteroatoms. The van der Waals surface area contributed by atoms with Gasteiger partial charge in [-0.1, -0.05) is 31.2 Å². The molecule has 0 aliphatic carbocycles. The molecule has 1 heterocycles. The largest absolute Gasteiger partial charge is 0.493 e. The summed E-state index contributed by atoms with van der Waals surface area (Å²) in [6, 6.07) is 13.4. The van der Waals surface area contributed by atoms with Crippen molar-refractivity contribution in [2.75, 3.05) is 14.2 Å². The first-order valence-corrected chi connectivity index (χ1v) is 8.83. The SMILES string of the molecule is CCc1oc2ccccc2c1/C=C/C(=O)NCc1ccc(OC)c(OC)c1. The van der Waals surface area contributed by atoms with E-state index in [-0.39, 0.29) is 5.91 Å². The van der Waals surface area contributed by atoms with Crippen molar-refractivity contribution in [1.29, 1.82) is 0 Å². The zero-order valence-electron chi connectivity index (χ0n) is 15.7. The Hall–Kier alpha value is -3.21. The summed E-state index contributed by atoms with van der Waals surface area (Å²) in [4.78, 5) is 12.2. The van der Waals surface area contributed by atoms with Gasteiger partial charge in [0.05, 0.1) is 14.2 Å². The molecule has 0 bridgehead atoms. The summed E-state index contributed by atoms with van der Waals surface area (Å²) in [7, 11) is 3.18. The molecule has 0 saturated heterocycles. The standard InChI is InChI=1S/C22H23NO4/c1-4-18-17(16-7-5-6-8-19(16)27-18)10-12-22(24)23-14-15-9-11-20(25-2)21(13-15)26-3/h5-13H,4,14H2,1-3H3,(H,23,24)/b12-10+. The van der Waals surface area contributed by atoms with Gasteiger partial charge in [0.2, 0.25) is 5.91 Å². The Morgan fingerprint density at radius 1 is 1.11 bits per heavy atom. The number of rotatable bonds is 7. The zero-order chi connectivity index (χ0) is 19.2. The summed E-state index contributed by atoms with van der Waals surface area (Å²) in [5, 5.41) is 3.90. The van der Waals surface area contributed by atoms with Gasteiger partial charge in [-0.25, -0.2) is 0 Å². The molecule has 0 radical (unpaired) electrons. The molecule has 0 aliphatic heterocycles. The number of carbonyl (C=O) groups excluding carboxylic acids is 1. The summed E-state index contributed by atoms with van der Waals surface area (Å²) < 4.78 is 16.4. The Bertz CT molecular complexity index is 972. The number of fused-ring (bicyclic) bond motifs is 1. The van der Waals surface area contributed by atoms with Crippen LogP contribution in [0.1, 0.15) is 23.8 Å². The molecule has 1 amide bonds. The summed E-state index contributed by atoms with van der Waals surface area (Å²) >= 11 is 0. The molecular formula is C22H23NO4. The number of hydrogen-bond donors (Lipinski definition) is 1. The summed E-state index contributed by atoms with van der Waals surface area (Å²) in [5.41, 5.74) is 2.71. The Morgan fingerprint density at radius 3 is 2.63 bits per heavy atom. The Morgan fingerprint density at radius 2 is 1.89 bits per heavy atom. The van der Waals surface area contributed by atoms with Crippen molar-refractivity contribution in [3.8, 4) is 11.5 Å². The van der Waals surface area contributed by atoms with E-state index in [1.54, 1.807) is 14.2 Å². The Balaban J connectivity index is 1.70. The van der Waals surface area contributed by atoms with E-state index >= 15 is 0 Å². The summed E-state index contributed by atoms with van der Waals surface area (Å²) in [6.07, 6.45) is 4.12. The van der Waals surface area contributed by atoms with E-state index in [9.17, 15) is 4.79 Å². The number of methoxy groups -OCH3 is 2. The molecular weight excluding hydrogens is 342 g/mol. The van der Waals surface area contributed by atoms with E-state index < -0.39 is 0 Å². The van der Waals surface area contributed by atoms with Crippen molar-refractivity contribution in [1.82, 2.24) is 5.32 Å². The third-order valence-electron chi connectivity index (χ3n) is 4.35. The van der Waals surface area contributed by atoms with Crippen molar-refractivity contribution >= 4 is 23.0 Å². The van der Waals surface area contributed by atoms with Crippen LogP contribution in [-0.2, 0) is 17.8 Å². The topological polar surface area (TPSA) is 60.7 Å². The maximum absolute atomic E-state index is 12.2. The minimum Gasteiger partial charge on any atom is -0.493 e. The Labute approximate surface area is 158 Å². The van der Waals surface area contributed by atoms with Crippen LogP contribution in [0.5, 0.6) is 11.5 Å². The lowest BCUT2D eigenvalue weighted by Crippen LogP contribution is -2.20. The third kappa shape index (κ3) is 4.14. The van der Waals surface area contributed by atoms with Gasteiger partial charge in [0.1, 0.15) is 11.3 Å². The molecule has 0 fully saturated rings. The molecule has 0 unspecified atom stereocenters. The van der Waals surface area contributed by atoms with Gasteiger partial charge in [0.25, 0.3) is 0 Å². The molecule has 0 saturated carbocycles. The van der Waals surface area contributed by atoms with Crippen molar-refractivity contribution in [2.45, 2.75) is 19.9 Å². The van der Waals surface area contributed by atoms with Crippen LogP contribution in [0.15, 0.2) is 53.0 Å². The lowest BCUT2D eigenvalue weighted by atomic mass is 10.1. The summed E-state index contributed by atoms with van der Waals surface area (Å²) in [6.45, 7) is 2.43. The van der Waals surface area contributed by atoms with E-state index in [2.05, 4.69) is 5.32 Å². The molecule has 2 aromatic carbocycles. The van der Waals surface area contributed by atoms with E-state index in [4.69, 9.17) is 13.9 Å². The van der Waals surface area contributed by atoms with E-state index in [1.165, 1.54) is 6.08 Å². The van der Waals surface area contributed by atoms with Crippen molar-refractivity contribution in [3.05, 3.63) is 65.4 Å². The number of para-hydroxylation sites is 1. The van der Waals surface area contributed by atoms with Crippen LogP contribution >= 0.6 is 0 Å². The fourth-order valence-corrected chi connectivity index (χ4v) is 2.96. The first-order valence-electron chi connectivity index (χ1n) is 8.83. The quantitative estimate of drug-likeness (QED) is 0.633. The first kappa shape index (κ1) is 18.6. The van der Waals surface area contributed by atoms with Gasteiger partial charge < -0.3 is 19.2 Å². The van der Waals surface area contributed by atoms with Gasteiger partial charge >= 0.3 is 0 Å². The van der Waals surface area contributed by atoms with Crippen molar-refractivity contribution in [2.24, 2.45) is 0 Å². The molecule has 1 N–H and O–H groups in total. The number of aryl methyl sites for hydroxylation is 1. The average Bonchev–Trinajstić information content (AvgIpc) is 3.08. The van der Waals surface area contributed by atoms with Gasteiger partial charge in [-0.2, -0.15) is 0 Å². The minimum atomic E-state index is -0.169. The molecule has 5 nitrogen and oxygen atoms in total. The maximum Gasteiger partial charge on any atom is 0.244 e. The number of furan rings is 1. The number of amides is 1. The average molecular weight is 365 g/mol. The second-order valence-electron chi connectivity index (χ2n) is 6.03. The van der Waals surface area contributed by atoms with Gasteiger partial charge in [-0.05, 0) is 29.8 Å². The highest BCUT2D eigenvalue weighted by molar-refractivity contribution is 5.96. The summed E-state index contributed by atoms with van der Waals surface area (Å²) in [5.74, 6) is 2.00. The van der Waals surface area contributed by atoms with Gasteiger partial charge in [0, 0.05) is 30.0 Å². The van der Waals surface area contributed by atoms with Crippen LogP contribution in [0.2, 0.25) is 0 Å². The number of hydrogen-bond acceptors (Lipinski definition) is 4. The highest BCUT2D eigenvalue weighted by Crippen LogP contribution is 2.28. The molecule has 0 aliphatic rings. The zero-order valence-corrected chi connectivity index (χ0v) is 15.7. The number of carbonyl (C=O) groups is 1. The van der Waals surface area contributed by atoms with Gasteiger partial charge in [-0.3, -0.25) is 4.79 Å². The number of benzene rings is 2. The highest BCUT2D eigenvalue weighted by Gasteiger charge is 2.10. The smallest absolute Gasteiger partial charge is 0.244 e. The first-order chi connectivity index (χ1) is 13.2. The van der Waals surface area contributed by atoms with Gasteiger partial charge in [-0.15, -0.1) is 0 Å². The van der Waals surface area contributed by atoms with Crippen LogP contribution in [0.4, 0.5) is 0 Å². The molecule has 0 spiro atoms. The van der Waals surface area contributed by atoms with Crippen LogP contribution in [0, 0.1) is 0 Å². The highest BCUT2D eigenvalue weighted by atomic mass is 16.5. The Kier molecular flexibility index (Phi) is 5.81. The predicted octanol–water partition coefficient (Wildman–Crippen LogP) is 4.34. The van der Waals surface area contributed by atoms with Crippen LogP contribution < -0.4 is 14.8 Å². The van der Waals surface area contributed by atoms with Crippen LogP contribution in [0.3, 0.4) is 0 Å². The molecule has 3 aromatic rings. The van der Waals surface area contributed by atoms with Gasteiger partial charge in [0.15, 0.2) is 11.5 Å². The predicted molar refractivity (Wildman–Crippen MR) is 106 cm³/mol. The lowest BCUT2D eigenvalue weighted by molar-refractivity contribution is -0.116. The fourth-order valence-electron chi connectivity index (χ4n) is 2.96. The molecule has 27 heavy (non-hydrogen) atoms. The monoisotopic (exact) mass is 365 g/mol. The molecule has 3 rings (SSSR count). The minimum absolute atomic E-state index is 0.169. The fraction of sp³-hybridized carbons (Fsp3) is 0.227. The van der Waals surface area contributed by atoms with E-state index in [1.807, 2.05) is 55.5 Å². The molecule has 0 atom stereocenters. The second-order valence-corrected chi connectivity index (χ2v) is 6.03. The maximum atomic E-state index is 12.2. The van der Waals surface area contributed by atoms with Crippen molar-refractivity contribution < 1.29 is 18.7 Å². The van der Waals surface area contributed by atoms with Crippen LogP contribution in [-0.4, -0.2) is 20.1 Å². The van der Waals surface area contributed by atoms with Crippen LogP contribution in [0.25, 0.3) is 17.0 Å². The lowest BCUT2D eigenvalue weighted by Gasteiger charge is -2.09. The van der Waals surface area contributed by atoms with E-state index in [0.717, 1.165) is 34.3 Å².